The summed E-state index contributed by atoms with van der Waals surface area (Å²) in [6, 6.07) is 0. The van der Waals surface area contributed by atoms with Crippen LogP contribution in [0.25, 0.3) is 0 Å². The zero-order valence-corrected chi connectivity index (χ0v) is 12.1. The molecule has 0 saturated carbocycles. The summed E-state index contributed by atoms with van der Waals surface area (Å²) in [7, 11) is 0. The standard InChI is InChI=1S/C13H15N3O4S/c17-10(15-3-1-2-8(7-15)12(19)20)9-6-14-13-16(11(9)18)4-5-21-13/h6,8H,1-5,7H2,(H,19,20). The van der Waals surface area contributed by atoms with Gasteiger partial charge in [0, 0.05) is 31.6 Å². The van der Waals surface area contributed by atoms with Crippen molar-refractivity contribution in [2.75, 3.05) is 18.8 Å². The summed E-state index contributed by atoms with van der Waals surface area (Å²) >= 11 is 1.49. The van der Waals surface area contributed by atoms with E-state index in [4.69, 9.17) is 5.11 Å². The third-order valence-electron chi connectivity index (χ3n) is 3.84. The molecule has 2 aliphatic rings. The molecule has 1 aromatic rings. The number of aliphatic carboxylic acids is 1. The van der Waals surface area contributed by atoms with Gasteiger partial charge in [-0.05, 0) is 12.8 Å². The first-order valence-corrected chi connectivity index (χ1v) is 7.81. The third kappa shape index (κ3) is 2.55. The second-order valence-corrected chi connectivity index (χ2v) is 6.25. The highest BCUT2D eigenvalue weighted by Crippen LogP contribution is 2.22. The average Bonchev–Trinajstić information content (AvgIpc) is 2.96. The summed E-state index contributed by atoms with van der Waals surface area (Å²) in [6.45, 7) is 1.20. The first-order chi connectivity index (χ1) is 10.1. The van der Waals surface area contributed by atoms with E-state index < -0.39 is 17.8 Å². The summed E-state index contributed by atoms with van der Waals surface area (Å²) in [4.78, 5) is 41.4. The largest absolute Gasteiger partial charge is 0.481 e. The summed E-state index contributed by atoms with van der Waals surface area (Å²) in [6.07, 6.45) is 2.52. The number of nitrogens with zero attached hydrogens (tertiary/aromatic N) is 3. The highest BCUT2D eigenvalue weighted by molar-refractivity contribution is 7.99. The van der Waals surface area contributed by atoms with Crippen molar-refractivity contribution in [3.8, 4) is 0 Å². The Morgan fingerprint density at radius 2 is 2.19 bits per heavy atom. The quantitative estimate of drug-likeness (QED) is 0.789. The van der Waals surface area contributed by atoms with Crippen LogP contribution in [0.2, 0.25) is 0 Å². The van der Waals surface area contributed by atoms with Crippen molar-refractivity contribution < 1.29 is 14.7 Å². The Morgan fingerprint density at radius 3 is 2.95 bits per heavy atom. The number of carbonyl (C=O) groups is 2. The van der Waals surface area contributed by atoms with Gasteiger partial charge in [0.25, 0.3) is 11.5 Å². The molecule has 1 saturated heterocycles. The van der Waals surface area contributed by atoms with Crippen LogP contribution in [0.3, 0.4) is 0 Å². The van der Waals surface area contributed by atoms with Gasteiger partial charge in [-0.3, -0.25) is 19.0 Å². The monoisotopic (exact) mass is 309 g/mol. The van der Waals surface area contributed by atoms with Crippen LogP contribution < -0.4 is 5.56 Å². The van der Waals surface area contributed by atoms with Gasteiger partial charge in [-0.15, -0.1) is 0 Å². The van der Waals surface area contributed by atoms with Crippen molar-refractivity contribution in [3.63, 3.8) is 0 Å². The van der Waals surface area contributed by atoms with Crippen LogP contribution >= 0.6 is 11.8 Å². The van der Waals surface area contributed by atoms with Crippen LogP contribution in [0.15, 0.2) is 16.1 Å². The van der Waals surface area contributed by atoms with Crippen LogP contribution in [-0.4, -0.2) is 50.3 Å². The highest BCUT2D eigenvalue weighted by atomic mass is 32.2. The molecule has 0 radical (unpaired) electrons. The van der Waals surface area contributed by atoms with Gasteiger partial charge in [0.2, 0.25) is 0 Å². The maximum absolute atomic E-state index is 12.5. The van der Waals surface area contributed by atoms with Crippen LogP contribution in [0.1, 0.15) is 23.2 Å². The lowest BCUT2D eigenvalue weighted by atomic mass is 9.98. The Morgan fingerprint density at radius 1 is 1.38 bits per heavy atom. The third-order valence-corrected chi connectivity index (χ3v) is 4.82. The molecule has 1 N–H and O–H groups in total. The molecular formula is C13H15N3O4S. The zero-order valence-electron chi connectivity index (χ0n) is 11.3. The van der Waals surface area contributed by atoms with Crippen LogP contribution in [0, 0.1) is 5.92 Å². The number of piperidine rings is 1. The maximum atomic E-state index is 12.5. The fourth-order valence-electron chi connectivity index (χ4n) is 2.70. The van der Waals surface area contributed by atoms with Crippen LogP contribution in [0.5, 0.6) is 0 Å². The van der Waals surface area contributed by atoms with Gasteiger partial charge in [-0.1, -0.05) is 11.8 Å². The highest BCUT2D eigenvalue weighted by Gasteiger charge is 2.30. The van der Waals surface area contributed by atoms with Gasteiger partial charge in [-0.2, -0.15) is 0 Å². The minimum atomic E-state index is -0.896. The molecule has 112 valence electrons. The number of aromatic nitrogens is 2. The van der Waals surface area contributed by atoms with E-state index >= 15 is 0 Å². The lowest BCUT2D eigenvalue weighted by Crippen LogP contribution is -2.44. The van der Waals surface area contributed by atoms with E-state index in [0.29, 0.717) is 31.1 Å². The number of hydrogen-bond donors (Lipinski definition) is 1. The molecule has 0 bridgehead atoms. The van der Waals surface area contributed by atoms with Crippen molar-refractivity contribution in [2.24, 2.45) is 5.92 Å². The molecule has 3 heterocycles. The second kappa shape index (κ2) is 5.51. The van der Waals surface area contributed by atoms with Crippen molar-refractivity contribution in [1.82, 2.24) is 14.5 Å². The number of thioether (sulfide) groups is 1. The molecule has 1 unspecified atom stereocenters. The summed E-state index contributed by atoms with van der Waals surface area (Å²) in [5.41, 5.74) is -0.292. The minimum Gasteiger partial charge on any atom is -0.481 e. The lowest BCUT2D eigenvalue weighted by Gasteiger charge is -2.30. The molecule has 0 aliphatic carbocycles. The minimum absolute atomic E-state index is 0.0345. The number of carboxylic acids is 1. The van der Waals surface area contributed by atoms with Gasteiger partial charge in [0.15, 0.2) is 5.16 Å². The molecule has 1 atom stereocenters. The Kier molecular flexibility index (Phi) is 3.71. The molecule has 0 spiro atoms. The second-order valence-electron chi connectivity index (χ2n) is 5.19. The molecular weight excluding hydrogens is 294 g/mol. The fraction of sp³-hybridized carbons (Fsp3) is 0.538. The molecule has 1 amide bonds. The molecule has 0 aromatic carbocycles. The van der Waals surface area contributed by atoms with E-state index in [-0.39, 0.29) is 17.7 Å². The van der Waals surface area contributed by atoms with Crippen molar-refractivity contribution in [1.29, 1.82) is 0 Å². The summed E-state index contributed by atoms with van der Waals surface area (Å²) < 4.78 is 1.51. The normalized spacial score (nSPS) is 21.1. The number of carbonyl (C=O) groups excluding carboxylic acids is 1. The van der Waals surface area contributed by atoms with Crippen molar-refractivity contribution in [2.45, 2.75) is 24.5 Å². The molecule has 3 rings (SSSR count). The van der Waals surface area contributed by atoms with Gasteiger partial charge in [0.05, 0.1) is 5.92 Å². The predicted molar refractivity (Wildman–Crippen MR) is 75.5 cm³/mol. The van der Waals surface area contributed by atoms with Crippen LogP contribution in [-0.2, 0) is 11.3 Å². The predicted octanol–water partition coefficient (Wildman–Crippen LogP) is 0.286. The molecule has 21 heavy (non-hydrogen) atoms. The molecule has 7 nitrogen and oxygen atoms in total. The molecule has 1 fully saturated rings. The van der Waals surface area contributed by atoms with Crippen molar-refractivity contribution >= 4 is 23.6 Å². The van der Waals surface area contributed by atoms with E-state index in [1.165, 1.54) is 27.4 Å². The van der Waals surface area contributed by atoms with Crippen molar-refractivity contribution in [3.05, 3.63) is 22.1 Å². The topological polar surface area (TPSA) is 92.5 Å². The van der Waals surface area contributed by atoms with Gasteiger partial charge in [0.1, 0.15) is 5.56 Å². The average molecular weight is 309 g/mol. The Bertz CT molecular complexity index is 657. The van der Waals surface area contributed by atoms with E-state index in [1.807, 2.05) is 0 Å². The summed E-state index contributed by atoms with van der Waals surface area (Å²) in [5, 5.41) is 9.71. The summed E-state index contributed by atoms with van der Waals surface area (Å²) in [5.74, 6) is -1.08. The number of likely N-dealkylation sites (tertiary alicyclic amines) is 1. The zero-order chi connectivity index (χ0) is 15.0. The smallest absolute Gasteiger partial charge is 0.308 e. The van der Waals surface area contributed by atoms with E-state index in [2.05, 4.69) is 4.98 Å². The van der Waals surface area contributed by atoms with E-state index in [0.717, 1.165) is 5.75 Å². The fourth-order valence-corrected chi connectivity index (χ4v) is 3.61. The number of carboxylic acid groups (broad SMARTS) is 1. The first kappa shape index (κ1) is 14.1. The van der Waals surface area contributed by atoms with Gasteiger partial charge >= 0.3 is 5.97 Å². The number of rotatable bonds is 2. The first-order valence-electron chi connectivity index (χ1n) is 6.82. The Labute approximate surface area is 125 Å². The van der Waals surface area contributed by atoms with E-state index in [9.17, 15) is 14.4 Å². The lowest BCUT2D eigenvalue weighted by molar-refractivity contribution is -0.143. The molecule has 1 aromatic heterocycles. The number of amides is 1. The Balaban J connectivity index is 1.86. The molecule has 8 heteroatoms. The SMILES string of the molecule is O=C(O)C1CCCN(C(=O)c2cnc3n(c2=O)CCS3)C1. The number of hydrogen-bond acceptors (Lipinski definition) is 5. The maximum Gasteiger partial charge on any atom is 0.308 e. The number of fused-ring (bicyclic) bond motifs is 1. The van der Waals surface area contributed by atoms with Gasteiger partial charge < -0.3 is 10.0 Å². The molecule has 2 aliphatic heterocycles. The van der Waals surface area contributed by atoms with Crippen LogP contribution in [0.4, 0.5) is 0 Å². The Hall–Kier alpha value is -1.83. The van der Waals surface area contributed by atoms with Gasteiger partial charge in [-0.25, -0.2) is 4.98 Å². The van der Waals surface area contributed by atoms with E-state index in [1.54, 1.807) is 0 Å².